The fourth-order valence-corrected chi connectivity index (χ4v) is 2.58. The van der Waals surface area contributed by atoms with Crippen LogP contribution in [0.25, 0.3) is 0 Å². The van der Waals surface area contributed by atoms with Crippen LogP contribution in [0.4, 0.5) is 0 Å². The van der Waals surface area contributed by atoms with Crippen LogP contribution in [-0.2, 0) is 20.4 Å². The molecular formula is C8H8BrNO4S. The van der Waals surface area contributed by atoms with Crippen LogP contribution in [0.3, 0.4) is 0 Å². The molecule has 0 aliphatic heterocycles. The summed E-state index contributed by atoms with van der Waals surface area (Å²) in [7, 11) is -3.61. The highest BCUT2D eigenvalue weighted by Crippen LogP contribution is 2.12. The van der Waals surface area contributed by atoms with E-state index in [-0.39, 0.29) is 5.75 Å². The van der Waals surface area contributed by atoms with Gasteiger partial charge in [-0.25, -0.2) is 8.42 Å². The minimum Gasteiger partial charge on any atom is -0.480 e. The molecule has 0 radical (unpaired) electrons. The maximum atomic E-state index is 11.3. The van der Waals surface area contributed by atoms with Crippen molar-refractivity contribution in [1.29, 1.82) is 0 Å². The van der Waals surface area contributed by atoms with Gasteiger partial charge in [0.1, 0.15) is 5.75 Å². The topological polar surface area (TPSA) is 84.3 Å². The molecule has 0 fully saturated rings. The van der Waals surface area contributed by atoms with Gasteiger partial charge >= 0.3 is 5.97 Å². The zero-order valence-corrected chi connectivity index (χ0v) is 9.95. The van der Waals surface area contributed by atoms with Crippen LogP contribution in [-0.4, -0.2) is 30.2 Å². The quantitative estimate of drug-likeness (QED) is 0.889. The van der Waals surface area contributed by atoms with E-state index in [1.807, 2.05) is 0 Å². The maximum absolute atomic E-state index is 11.3. The molecule has 0 amide bonds. The molecule has 0 bridgehead atoms. The molecule has 1 N–H and O–H groups in total. The number of hydrogen-bond acceptors (Lipinski definition) is 4. The van der Waals surface area contributed by atoms with Crippen LogP contribution in [0.15, 0.2) is 22.9 Å². The van der Waals surface area contributed by atoms with Crippen LogP contribution in [0.2, 0.25) is 0 Å². The Morgan fingerprint density at radius 1 is 1.47 bits per heavy atom. The summed E-state index contributed by atoms with van der Waals surface area (Å²) in [4.78, 5) is 14.1. The van der Waals surface area contributed by atoms with Crippen molar-refractivity contribution in [2.75, 3.05) is 5.75 Å². The predicted octanol–water partition coefficient (Wildman–Crippen LogP) is 0.844. The fourth-order valence-electron chi connectivity index (χ4n) is 1.03. The Hall–Kier alpha value is -0.950. The highest BCUT2D eigenvalue weighted by Gasteiger charge is 2.16. The van der Waals surface area contributed by atoms with Crippen molar-refractivity contribution in [2.45, 2.75) is 5.75 Å². The van der Waals surface area contributed by atoms with Gasteiger partial charge in [0.2, 0.25) is 0 Å². The molecule has 15 heavy (non-hydrogen) atoms. The number of halogens is 1. The molecule has 0 spiro atoms. The van der Waals surface area contributed by atoms with Crippen LogP contribution in [0.1, 0.15) is 5.56 Å². The zero-order chi connectivity index (χ0) is 11.5. The number of hydrogen-bond donors (Lipinski definition) is 1. The summed E-state index contributed by atoms with van der Waals surface area (Å²) in [5, 5.41) is 8.38. The standard InChI is InChI=1S/C8H8BrNO4S/c9-7-1-6(2-10-3-7)4-15(13,14)5-8(11)12/h1-3H,4-5H2,(H,11,12). The second kappa shape index (κ2) is 4.71. The average Bonchev–Trinajstić information content (AvgIpc) is 1.99. The van der Waals surface area contributed by atoms with Crippen molar-refractivity contribution in [3.8, 4) is 0 Å². The van der Waals surface area contributed by atoms with Gasteiger partial charge in [0.25, 0.3) is 0 Å². The van der Waals surface area contributed by atoms with Gasteiger partial charge < -0.3 is 5.11 Å². The smallest absolute Gasteiger partial charge is 0.318 e. The monoisotopic (exact) mass is 293 g/mol. The van der Waals surface area contributed by atoms with E-state index < -0.39 is 21.6 Å². The summed E-state index contributed by atoms with van der Waals surface area (Å²) in [5.41, 5.74) is 0.464. The van der Waals surface area contributed by atoms with Crippen molar-refractivity contribution in [1.82, 2.24) is 4.98 Å². The molecule has 0 aromatic carbocycles. The SMILES string of the molecule is O=C(O)CS(=O)(=O)Cc1cncc(Br)c1. The number of carbonyl (C=O) groups is 1. The molecule has 0 unspecified atom stereocenters. The Morgan fingerprint density at radius 2 is 2.13 bits per heavy atom. The Bertz CT molecular complexity index is 471. The first kappa shape index (κ1) is 12.1. The van der Waals surface area contributed by atoms with Gasteiger partial charge in [0.15, 0.2) is 9.84 Å². The van der Waals surface area contributed by atoms with E-state index >= 15 is 0 Å². The van der Waals surface area contributed by atoms with Gasteiger partial charge in [-0.2, -0.15) is 0 Å². The lowest BCUT2D eigenvalue weighted by Gasteiger charge is -2.01. The summed E-state index contributed by atoms with van der Waals surface area (Å²) in [6, 6.07) is 1.59. The summed E-state index contributed by atoms with van der Waals surface area (Å²) < 4.78 is 23.3. The van der Waals surface area contributed by atoms with E-state index in [0.29, 0.717) is 10.0 Å². The first-order valence-corrected chi connectivity index (χ1v) is 6.52. The van der Waals surface area contributed by atoms with E-state index in [9.17, 15) is 13.2 Å². The molecule has 1 aromatic rings. The normalized spacial score (nSPS) is 11.3. The molecule has 7 heteroatoms. The molecule has 0 aliphatic carbocycles. The lowest BCUT2D eigenvalue weighted by Crippen LogP contribution is -2.17. The van der Waals surface area contributed by atoms with Crippen molar-refractivity contribution >= 4 is 31.7 Å². The van der Waals surface area contributed by atoms with Gasteiger partial charge in [-0.15, -0.1) is 0 Å². The van der Waals surface area contributed by atoms with E-state index in [2.05, 4.69) is 20.9 Å². The maximum Gasteiger partial charge on any atom is 0.318 e. The highest BCUT2D eigenvalue weighted by molar-refractivity contribution is 9.10. The number of pyridine rings is 1. The number of sulfone groups is 1. The number of rotatable bonds is 4. The minimum absolute atomic E-state index is 0.314. The molecule has 5 nitrogen and oxygen atoms in total. The van der Waals surface area contributed by atoms with Gasteiger partial charge in [-0.05, 0) is 27.6 Å². The summed E-state index contributed by atoms with van der Waals surface area (Å²) in [6.45, 7) is 0. The Balaban J connectivity index is 2.82. The number of aliphatic carboxylic acids is 1. The number of nitrogens with zero attached hydrogens (tertiary/aromatic N) is 1. The first-order valence-electron chi connectivity index (χ1n) is 3.91. The minimum atomic E-state index is -3.61. The van der Waals surface area contributed by atoms with Crippen LogP contribution in [0.5, 0.6) is 0 Å². The molecular weight excluding hydrogens is 286 g/mol. The van der Waals surface area contributed by atoms with Crippen molar-refractivity contribution < 1.29 is 18.3 Å². The van der Waals surface area contributed by atoms with Gasteiger partial charge in [0, 0.05) is 16.9 Å². The van der Waals surface area contributed by atoms with E-state index in [0.717, 1.165) is 0 Å². The predicted molar refractivity (Wildman–Crippen MR) is 57.1 cm³/mol. The third-order valence-electron chi connectivity index (χ3n) is 1.49. The van der Waals surface area contributed by atoms with Crippen molar-refractivity contribution in [3.63, 3.8) is 0 Å². The second-order valence-electron chi connectivity index (χ2n) is 2.94. The lowest BCUT2D eigenvalue weighted by atomic mass is 10.3. The summed E-state index contributed by atoms with van der Waals surface area (Å²) >= 11 is 3.15. The van der Waals surface area contributed by atoms with Gasteiger partial charge in [-0.3, -0.25) is 9.78 Å². The first-order chi connectivity index (χ1) is 6.89. The molecule has 1 rings (SSSR count). The van der Waals surface area contributed by atoms with E-state index in [1.165, 1.54) is 12.4 Å². The lowest BCUT2D eigenvalue weighted by molar-refractivity contribution is -0.134. The van der Waals surface area contributed by atoms with Gasteiger partial charge in [-0.1, -0.05) is 0 Å². The van der Waals surface area contributed by atoms with Crippen molar-refractivity contribution in [3.05, 3.63) is 28.5 Å². The van der Waals surface area contributed by atoms with Crippen LogP contribution >= 0.6 is 15.9 Å². The Morgan fingerprint density at radius 3 is 2.67 bits per heavy atom. The van der Waals surface area contributed by atoms with E-state index in [1.54, 1.807) is 6.07 Å². The molecule has 1 heterocycles. The molecule has 82 valence electrons. The molecule has 0 saturated heterocycles. The average molecular weight is 294 g/mol. The molecule has 0 aliphatic rings. The third kappa shape index (κ3) is 4.39. The zero-order valence-electron chi connectivity index (χ0n) is 7.55. The highest BCUT2D eigenvalue weighted by atomic mass is 79.9. The number of aromatic nitrogens is 1. The van der Waals surface area contributed by atoms with Crippen molar-refractivity contribution in [2.24, 2.45) is 0 Å². The number of carboxylic acid groups (broad SMARTS) is 1. The van der Waals surface area contributed by atoms with Gasteiger partial charge in [0.05, 0.1) is 5.75 Å². The summed E-state index contributed by atoms with van der Waals surface area (Å²) in [6.07, 6.45) is 2.91. The molecule has 0 atom stereocenters. The van der Waals surface area contributed by atoms with E-state index in [4.69, 9.17) is 5.11 Å². The molecule has 0 saturated carbocycles. The fraction of sp³-hybridized carbons (Fsp3) is 0.250. The molecule has 1 aromatic heterocycles. The largest absolute Gasteiger partial charge is 0.480 e. The Labute approximate surface area is 95.2 Å². The summed E-state index contributed by atoms with van der Waals surface area (Å²) in [5.74, 6) is -2.52. The third-order valence-corrected chi connectivity index (χ3v) is 3.39. The van der Waals surface area contributed by atoms with Crippen LogP contribution in [0, 0.1) is 0 Å². The number of carboxylic acids is 1. The second-order valence-corrected chi connectivity index (χ2v) is 5.92. The van der Waals surface area contributed by atoms with Crippen LogP contribution < -0.4 is 0 Å². The Kier molecular flexibility index (Phi) is 3.81.